The molecule has 2 amide bonds. The molecule has 0 aromatic carbocycles. The van der Waals surface area contributed by atoms with E-state index in [-0.39, 0.29) is 41.7 Å². The number of rotatable bonds is 12. The first-order chi connectivity index (χ1) is 16.0. The summed E-state index contributed by atoms with van der Waals surface area (Å²) >= 11 is 0. The van der Waals surface area contributed by atoms with Crippen LogP contribution in [0.3, 0.4) is 0 Å². The number of likely N-dealkylation sites (N-methyl/N-ethyl adjacent to an activating group) is 1. The van der Waals surface area contributed by atoms with E-state index >= 15 is 0 Å². The van der Waals surface area contributed by atoms with E-state index in [1.54, 1.807) is 31.9 Å². The van der Waals surface area contributed by atoms with Crippen molar-refractivity contribution < 1.29 is 19.1 Å². The first-order valence-electron chi connectivity index (χ1n) is 13.1. The van der Waals surface area contributed by atoms with Crippen LogP contribution in [0, 0.1) is 11.8 Å². The van der Waals surface area contributed by atoms with Gasteiger partial charge in [0.1, 0.15) is 6.04 Å². The Balaban J connectivity index is 3.07. The summed E-state index contributed by atoms with van der Waals surface area (Å²) in [6.45, 7) is 17.0. The summed E-state index contributed by atoms with van der Waals surface area (Å²) in [7, 11) is 1.75. The van der Waals surface area contributed by atoms with Crippen molar-refractivity contribution in [2.45, 2.75) is 112 Å². The normalized spacial score (nSPS) is 20.1. The molecule has 0 saturated carbocycles. The molecule has 1 aliphatic rings. The smallest absolute Gasteiger partial charge is 0.333 e. The highest BCUT2D eigenvalue weighted by Crippen LogP contribution is 2.23. The SMILES string of the molecule is CCCC(C)N1CCCC[C@@H]1C(=O)NC(C(=O)N(C)[C@H](/C=C(\C)C(=O)OCC)C(C)C)C(C)C. The molecule has 7 nitrogen and oxygen atoms in total. The number of hydrogen-bond acceptors (Lipinski definition) is 5. The first-order valence-corrected chi connectivity index (χ1v) is 13.1. The molecule has 1 fully saturated rings. The molecule has 0 aliphatic carbocycles. The maximum absolute atomic E-state index is 13.6. The monoisotopic (exact) mass is 479 g/mol. The number of nitrogens with zero attached hydrogens (tertiary/aromatic N) is 2. The fourth-order valence-electron chi connectivity index (χ4n) is 4.80. The predicted molar refractivity (Wildman–Crippen MR) is 137 cm³/mol. The maximum atomic E-state index is 13.6. The summed E-state index contributed by atoms with van der Waals surface area (Å²) < 4.78 is 5.10. The summed E-state index contributed by atoms with van der Waals surface area (Å²) in [5.74, 6) is -0.541. The molecule has 0 aromatic heterocycles. The van der Waals surface area contributed by atoms with Crippen LogP contribution in [-0.4, -0.2) is 72.0 Å². The molecule has 196 valence electrons. The number of carbonyl (C=O) groups excluding carboxylic acids is 3. The minimum Gasteiger partial charge on any atom is -0.463 e. The van der Waals surface area contributed by atoms with E-state index in [4.69, 9.17) is 4.74 Å². The van der Waals surface area contributed by atoms with Gasteiger partial charge in [-0.15, -0.1) is 0 Å². The van der Waals surface area contributed by atoms with Gasteiger partial charge >= 0.3 is 5.97 Å². The molecular weight excluding hydrogens is 430 g/mol. The molecule has 34 heavy (non-hydrogen) atoms. The van der Waals surface area contributed by atoms with Gasteiger partial charge in [0.15, 0.2) is 0 Å². The summed E-state index contributed by atoms with van der Waals surface area (Å²) in [6.07, 6.45) is 6.90. The van der Waals surface area contributed by atoms with Gasteiger partial charge in [0.05, 0.1) is 18.7 Å². The number of likely N-dealkylation sites (tertiary alicyclic amines) is 1. The standard InChI is InChI=1S/C27H49N3O4/c1-10-14-21(8)30-16-13-12-15-22(30)25(31)28-24(19(5)6)26(32)29(9)23(18(3)4)17-20(7)27(33)34-11-2/h17-19,21-24H,10-16H2,1-9H3,(H,28,31)/b20-17+/t21?,22-,23-,24?/m1/s1. The lowest BCUT2D eigenvalue weighted by Crippen LogP contribution is -2.59. The minimum absolute atomic E-state index is 0.0533. The zero-order valence-corrected chi connectivity index (χ0v) is 23.0. The molecule has 1 aliphatic heterocycles. The van der Waals surface area contributed by atoms with Gasteiger partial charge in [-0.1, -0.05) is 53.5 Å². The molecule has 1 rings (SSSR count). The third-order valence-corrected chi connectivity index (χ3v) is 6.85. The Morgan fingerprint density at radius 1 is 1.09 bits per heavy atom. The van der Waals surface area contributed by atoms with Crippen LogP contribution in [0.4, 0.5) is 0 Å². The van der Waals surface area contributed by atoms with Gasteiger partial charge in [0.2, 0.25) is 11.8 Å². The number of hydrogen-bond donors (Lipinski definition) is 1. The Bertz CT molecular complexity index is 704. The van der Waals surface area contributed by atoms with Crippen molar-refractivity contribution in [2.75, 3.05) is 20.2 Å². The molecule has 0 aromatic rings. The van der Waals surface area contributed by atoms with Crippen molar-refractivity contribution >= 4 is 17.8 Å². The van der Waals surface area contributed by atoms with Crippen molar-refractivity contribution in [3.05, 3.63) is 11.6 Å². The average molecular weight is 480 g/mol. The van der Waals surface area contributed by atoms with Crippen molar-refractivity contribution in [3.8, 4) is 0 Å². The highest BCUT2D eigenvalue weighted by Gasteiger charge is 2.36. The van der Waals surface area contributed by atoms with Crippen LogP contribution in [-0.2, 0) is 19.1 Å². The van der Waals surface area contributed by atoms with E-state index in [2.05, 4.69) is 24.1 Å². The Hall–Kier alpha value is -1.89. The van der Waals surface area contributed by atoms with Gasteiger partial charge in [0.25, 0.3) is 0 Å². The Kier molecular flexibility index (Phi) is 12.9. The Morgan fingerprint density at radius 2 is 1.74 bits per heavy atom. The second-order valence-electron chi connectivity index (χ2n) is 10.4. The molecule has 1 heterocycles. The number of amides is 2. The maximum Gasteiger partial charge on any atom is 0.333 e. The van der Waals surface area contributed by atoms with E-state index in [0.29, 0.717) is 18.2 Å². The van der Waals surface area contributed by atoms with Gasteiger partial charge in [-0.05, 0) is 58.4 Å². The topological polar surface area (TPSA) is 79.0 Å². The number of esters is 1. The lowest BCUT2D eigenvalue weighted by Gasteiger charge is -2.40. The van der Waals surface area contributed by atoms with E-state index < -0.39 is 6.04 Å². The lowest BCUT2D eigenvalue weighted by atomic mass is 9.95. The molecule has 2 unspecified atom stereocenters. The van der Waals surface area contributed by atoms with Crippen LogP contribution in [0.15, 0.2) is 11.6 Å². The number of ether oxygens (including phenoxy) is 1. The van der Waals surface area contributed by atoms with Crippen molar-refractivity contribution in [1.82, 2.24) is 15.1 Å². The second kappa shape index (κ2) is 14.5. The fraction of sp³-hybridized carbons (Fsp3) is 0.815. The summed E-state index contributed by atoms with van der Waals surface area (Å²) in [4.78, 5) is 43.1. The summed E-state index contributed by atoms with van der Waals surface area (Å²) in [5.41, 5.74) is 0.480. The quantitative estimate of drug-likeness (QED) is 0.336. The molecular formula is C27H49N3O4. The van der Waals surface area contributed by atoms with Crippen molar-refractivity contribution in [1.29, 1.82) is 0 Å². The van der Waals surface area contributed by atoms with Crippen LogP contribution in [0.2, 0.25) is 0 Å². The van der Waals surface area contributed by atoms with E-state index in [1.165, 1.54) is 0 Å². The van der Waals surface area contributed by atoms with E-state index in [0.717, 1.165) is 38.6 Å². The number of carbonyl (C=O) groups is 3. The molecule has 0 spiro atoms. The van der Waals surface area contributed by atoms with Crippen LogP contribution < -0.4 is 5.32 Å². The predicted octanol–water partition coefficient (Wildman–Crippen LogP) is 4.16. The second-order valence-corrected chi connectivity index (χ2v) is 10.4. The molecule has 0 bridgehead atoms. The Labute approximate surface area is 207 Å². The molecule has 1 N–H and O–H groups in total. The largest absolute Gasteiger partial charge is 0.463 e. The zero-order chi connectivity index (χ0) is 26.0. The van der Waals surface area contributed by atoms with Crippen LogP contribution in [0.1, 0.15) is 87.5 Å². The van der Waals surface area contributed by atoms with Gasteiger partial charge < -0.3 is 15.0 Å². The third-order valence-electron chi connectivity index (χ3n) is 6.85. The van der Waals surface area contributed by atoms with Gasteiger partial charge in [-0.2, -0.15) is 0 Å². The molecule has 0 radical (unpaired) electrons. The summed E-state index contributed by atoms with van der Waals surface area (Å²) in [6, 6.07) is -0.758. The van der Waals surface area contributed by atoms with Gasteiger partial charge in [-0.25, -0.2) is 4.79 Å². The Morgan fingerprint density at radius 3 is 2.26 bits per heavy atom. The third kappa shape index (κ3) is 8.40. The van der Waals surface area contributed by atoms with Gasteiger partial charge in [0, 0.05) is 18.7 Å². The molecule has 7 heteroatoms. The van der Waals surface area contributed by atoms with E-state index in [1.807, 2.05) is 27.7 Å². The fourth-order valence-corrected chi connectivity index (χ4v) is 4.80. The van der Waals surface area contributed by atoms with Crippen LogP contribution >= 0.6 is 0 Å². The molecule has 4 atom stereocenters. The average Bonchev–Trinajstić information content (AvgIpc) is 2.79. The molecule has 1 saturated heterocycles. The highest BCUT2D eigenvalue weighted by atomic mass is 16.5. The van der Waals surface area contributed by atoms with Crippen molar-refractivity contribution in [2.24, 2.45) is 11.8 Å². The first kappa shape index (κ1) is 30.1. The van der Waals surface area contributed by atoms with Crippen molar-refractivity contribution in [3.63, 3.8) is 0 Å². The van der Waals surface area contributed by atoms with Crippen LogP contribution in [0.5, 0.6) is 0 Å². The minimum atomic E-state index is -0.625. The lowest BCUT2D eigenvalue weighted by molar-refractivity contribution is -0.140. The number of nitrogens with one attached hydrogen (secondary N) is 1. The number of piperidine rings is 1. The van der Waals surface area contributed by atoms with E-state index in [9.17, 15) is 14.4 Å². The highest BCUT2D eigenvalue weighted by molar-refractivity contribution is 5.91. The zero-order valence-electron chi connectivity index (χ0n) is 23.0. The van der Waals surface area contributed by atoms with Gasteiger partial charge in [-0.3, -0.25) is 14.5 Å². The summed E-state index contributed by atoms with van der Waals surface area (Å²) in [5, 5.41) is 3.10. The van der Waals surface area contributed by atoms with Crippen LogP contribution in [0.25, 0.3) is 0 Å².